The van der Waals surface area contributed by atoms with E-state index in [4.69, 9.17) is 5.73 Å². The second-order valence-corrected chi connectivity index (χ2v) is 4.46. The maximum atomic E-state index is 12.0. The van der Waals surface area contributed by atoms with Gasteiger partial charge in [0.05, 0.1) is 0 Å². The Morgan fingerprint density at radius 2 is 2.05 bits per heavy atom. The van der Waals surface area contributed by atoms with E-state index in [-0.39, 0.29) is 23.9 Å². The standard InChI is InChI=1S/C12H17N3O3.ClH/c13-9(12(18)15-6-1-2-7-15)10(16)8-4-3-5-14-11(8)17;/h3-5,9-10,16H,1-2,6-7,13H2,(H,14,17);1H/t9-,10+;/m0./s1. The molecule has 0 spiro atoms. The van der Waals surface area contributed by atoms with Crippen molar-refractivity contribution in [2.24, 2.45) is 5.73 Å². The van der Waals surface area contributed by atoms with Gasteiger partial charge in [-0.15, -0.1) is 12.4 Å². The van der Waals surface area contributed by atoms with Crippen LogP contribution >= 0.6 is 12.4 Å². The van der Waals surface area contributed by atoms with Gasteiger partial charge in [0.1, 0.15) is 12.1 Å². The van der Waals surface area contributed by atoms with Crippen molar-refractivity contribution >= 4 is 18.3 Å². The molecule has 0 saturated carbocycles. The Bertz CT molecular complexity index is 485. The van der Waals surface area contributed by atoms with Crippen LogP contribution in [0.3, 0.4) is 0 Å². The molecule has 2 atom stereocenters. The Hall–Kier alpha value is -1.37. The van der Waals surface area contributed by atoms with E-state index in [2.05, 4.69) is 4.98 Å². The number of aliphatic hydroxyl groups excluding tert-OH is 1. The highest BCUT2D eigenvalue weighted by atomic mass is 35.5. The van der Waals surface area contributed by atoms with Crippen LogP contribution in [0.2, 0.25) is 0 Å². The number of aliphatic hydroxyl groups is 1. The van der Waals surface area contributed by atoms with E-state index < -0.39 is 17.7 Å². The van der Waals surface area contributed by atoms with E-state index in [0.29, 0.717) is 13.1 Å². The van der Waals surface area contributed by atoms with Gasteiger partial charge in [0.15, 0.2) is 0 Å². The molecule has 0 radical (unpaired) electrons. The maximum Gasteiger partial charge on any atom is 0.253 e. The number of nitrogens with one attached hydrogen (secondary N) is 1. The van der Waals surface area contributed by atoms with Gasteiger partial charge in [-0.2, -0.15) is 0 Å². The molecule has 7 heteroatoms. The van der Waals surface area contributed by atoms with Gasteiger partial charge in [0.25, 0.3) is 5.56 Å². The highest BCUT2D eigenvalue weighted by molar-refractivity contribution is 5.85. The third-order valence-corrected chi connectivity index (χ3v) is 3.21. The molecule has 1 saturated heterocycles. The summed E-state index contributed by atoms with van der Waals surface area (Å²) in [7, 11) is 0. The van der Waals surface area contributed by atoms with Crippen LogP contribution in [-0.2, 0) is 4.79 Å². The third-order valence-electron chi connectivity index (χ3n) is 3.21. The van der Waals surface area contributed by atoms with Gasteiger partial charge in [-0.3, -0.25) is 9.59 Å². The average molecular weight is 288 g/mol. The number of likely N-dealkylation sites (tertiary alicyclic amines) is 1. The first-order valence-electron chi connectivity index (χ1n) is 6.01. The molecule has 106 valence electrons. The number of carbonyl (C=O) groups excluding carboxylic acids is 1. The molecule has 4 N–H and O–H groups in total. The maximum absolute atomic E-state index is 12.0. The van der Waals surface area contributed by atoms with Crippen LogP contribution in [0.15, 0.2) is 23.1 Å². The fraction of sp³-hybridized carbons (Fsp3) is 0.500. The van der Waals surface area contributed by atoms with Gasteiger partial charge in [0, 0.05) is 24.8 Å². The van der Waals surface area contributed by atoms with Gasteiger partial charge >= 0.3 is 0 Å². The zero-order valence-corrected chi connectivity index (χ0v) is 11.2. The molecule has 0 unspecified atom stereocenters. The summed E-state index contributed by atoms with van der Waals surface area (Å²) in [4.78, 5) is 27.6. The predicted molar refractivity (Wildman–Crippen MR) is 73.1 cm³/mol. The van der Waals surface area contributed by atoms with Crippen LogP contribution < -0.4 is 11.3 Å². The molecular formula is C12H18ClN3O3. The monoisotopic (exact) mass is 287 g/mol. The molecule has 2 rings (SSSR count). The zero-order valence-electron chi connectivity index (χ0n) is 10.4. The normalized spacial score (nSPS) is 17.7. The van der Waals surface area contributed by atoms with Crippen LogP contribution in [0.5, 0.6) is 0 Å². The molecule has 19 heavy (non-hydrogen) atoms. The zero-order chi connectivity index (χ0) is 13.1. The molecule has 1 aromatic rings. The van der Waals surface area contributed by atoms with E-state index in [1.807, 2.05) is 0 Å². The molecular weight excluding hydrogens is 270 g/mol. The number of amides is 1. The van der Waals surface area contributed by atoms with Crippen molar-refractivity contribution in [2.75, 3.05) is 13.1 Å². The minimum Gasteiger partial charge on any atom is -0.386 e. The molecule has 1 amide bonds. The Morgan fingerprint density at radius 1 is 1.42 bits per heavy atom. The van der Waals surface area contributed by atoms with Gasteiger partial charge in [-0.05, 0) is 25.0 Å². The number of halogens is 1. The number of nitrogens with two attached hydrogens (primary N) is 1. The number of aromatic nitrogens is 1. The quantitative estimate of drug-likeness (QED) is 0.715. The molecule has 0 aromatic carbocycles. The predicted octanol–water partition coefficient (Wildman–Crippen LogP) is -0.220. The summed E-state index contributed by atoms with van der Waals surface area (Å²) in [6, 6.07) is 1.97. The fourth-order valence-electron chi connectivity index (χ4n) is 2.14. The second-order valence-electron chi connectivity index (χ2n) is 4.46. The summed E-state index contributed by atoms with van der Waals surface area (Å²) < 4.78 is 0. The lowest BCUT2D eigenvalue weighted by Crippen LogP contribution is -2.46. The Labute approximate surface area is 117 Å². The van der Waals surface area contributed by atoms with Gasteiger partial charge in [-0.25, -0.2) is 0 Å². The summed E-state index contributed by atoms with van der Waals surface area (Å²) in [6.07, 6.45) is 2.11. The number of H-pyrrole nitrogens is 1. The van der Waals surface area contributed by atoms with Crippen LogP contribution in [-0.4, -0.2) is 40.0 Å². The topological polar surface area (TPSA) is 99.4 Å². The number of carbonyl (C=O) groups is 1. The number of hydrogen-bond donors (Lipinski definition) is 3. The first kappa shape index (κ1) is 15.7. The van der Waals surface area contributed by atoms with Crippen LogP contribution in [0.4, 0.5) is 0 Å². The van der Waals surface area contributed by atoms with Crippen molar-refractivity contribution < 1.29 is 9.90 Å². The largest absolute Gasteiger partial charge is 0.386 e. The molecule has 1 aliphatic rings. The Balaban J connectivity index is 0.00000180. The van der Waals surface area contributed by atoms with Crippen molar-refractivity contribution in [1.29, 1.82) is 0 Å². The van der Waals surface area contributed by atoms with Crippen molar-refractivity contribution in [1.82, 2.24) is 9.88 Å². The fourth-order valence-corrected chi connectivity index (χ4v) is 2.14. The summed E-state index contributed by atoms with van der Waals surface area (Å²) in [6.45, 7) is 1.34. The van der Waals surface area contributed by atoms with Crippen LogP contribution in [0.25, 0.3) is 0 Å². The van der Waals surface area contributed by atoms with E-state index in [1.54, 1.807) is 11.0 Å². The highest BCUT2D eigenvalue weighted by Crippen LogP contribution is 2.16. The first-order chi connectivity index (χ1) is 8.61. The Morgan fingerprint density at radius 3 is 2.63 bits per heavy atom. The smallest absolute Gasteiger partial charge is 0.253 e. The minimum atomic E-state index is -1.27. The van der Waals surface area contributed by atoms with Crippen molar-refractivity contribution in [3.8, 4) is 0 Å². The SMILES string of the molecule is Cl.N[C@H](C(=O)N1CCCC1)[C@H](O)c1ccc[nH]c1=O. The number of hydrogen-bond acceptors (Lipinski definition) is 4. The number of pyridine rings is 1. The van der Waals surface area contributed by atoms with E-state index in [9.17, 15) is 14.7 Å². The molecule has 1 aliphatic heterocycles. The number of nitrogens with zero attached hydrogens (tertiary/aromatic N) is 1. The van der Waals surface area contributed by atoms with E-state index in [1.165, 1.54) is 12.3 Å². The third kappa shape index (κ3) is 3.34. The summed E-state index contributed by atoms with van der Waals surface area (Å²) >= 11 is 0. The van der Waals surface area contributed by atoms with Crippen molar-refractivity contribution in [3.05, 3.63) is 34.2 Å². The van der Waals surface area contributed by atoms with Crippen molar-refractivity contribution in [2.45, 2.75) is 25.0 Å². The molecule has 1 fully saturated rings. The summed E-state index contributed by atoms with van der Waals surface area (Å²) in [5.41, 5.74) is 5.45. The second kappa shape index (κ2) is 6.70. The molecule has 6 nitrogen and oxygen atoms in total. The average Bonchev–Trinajstić information content (AvgIpc) is 2.90. The van der Waals surface area contributed by atoms with E-state index >= 15 is 0 Å². The summed E-state index contributed by atoms with van der Waals surface area (Å²) in [5, 5.41) is 10.0. The van der Waals surface area contributed by atoms with E-state index in [0.717, 1.165) is 12.8 Å². The minimum absolute atomic E-state index is 0. The van der Waals surface area contributed by atoms with Crippen LogP contribution in [0, 0.1) is 0 Å². The molecule has 0 bridgehead atoms. The van der Waals surface area contributed by atoms with Gasteiger partial charge < -0.3 is 20.7 Å². The highest BCUT2D eigenvalue weighted by Gasteiger charge is 2.30. The first-order valence-corrected chi connectivity index (χ1v) is 6.01. The summed E-state index contributed by atoms with van der Waals surface area (Å²) in [5.74, 6) is -0.303. The lowest BCUT2D eigenvalue weighted by Gasteiger charge is -2.23. The molecule has 1 aromatic heterocycles. The molecule has 0 aliphatic carbocycles. The van der Waals surface area contributed by atoms with Crippen LogP contribution in [0.1, 0.15) is 24.5 Å². The van der Waals surface area contributed by atoms with Gasteiger partial charge in [-0.1, -0.05) is 0 Å². The number of rotatable bonds is 3. The lowest BCUT2D eigenvalue weighted by atomic mass is 10.0. The van der Waals surface area contributed by atoms with Gasteiger partial charge in [0.2, 0.25) is 5.91 Å². The lowest BCUT2D eigenvalue weighted by molar-refractivity contribution is -0.134. The Kier molecular flexibility index (Phi) is 5.53. The molecule has 2 heterocycles. The number of aromatic amines is 1. The van der Waals surface area contributed by atoms with Crippen molar-refractivity contribution in [3.63, 3.8) is 0 Å².